The largest absolute Gasteiger partial charge is 0.462 e. The summed E-state index contributed by atoms with van der Waals surface area (Å²) < 4.78 is 14.3. The van der Waals surface area contributed by atoms with E-state index in [0.717, 1.165) is 11.5 Å². The highest BCUT2D eigenvalue weighted by Gasteiger charge is 2.20. The zero-order valence-corrected chi connectivity index (χ0v) is 11.7. The normalized spacial score (nSPS) is 12.2. The van der Waals surface area contributed by atoms with Gasteiger partial charge in [0.05, 0.1) is 12.7 Å². The maximum absolute atomic E-state index is 11.7. The lowest BCUT2D eigenvalue weighted by Gasteiger charge is -2.13. The Morgan fingerprint density at radius 3 is 2.83 bits per heavy atom. The quantitative estimate of drug-likeness (QED) is 0.736. The van der Waals surface area contributed by atoms with E-state index in [1.165, 1.54) is 0 Å². The van der Waals surface area contributed by atoms with E-state index in [-0.39, 0.29) is 11.9 Å². The van der Waals surface area contributed by atoms with Gasteiger partial charge in [-0.1, -0.05) is 0 Å². The Morgan fingerprint density at radius 2 is 2.22 bits per heavy atom. The number of nitrogen functional groups attached to an aromatic ring is 1. The molecule has 1 atom stereocenters. The molecule has 0 saturated heterocycles. The smallest absolute Gasteiger partial charge is 0.344 e. The molecule has 1 aromatic rings. The topological polar surface area (TPSA) is 86.5 Å². The summed E-state index contributed by atoms with van der Waals surface area (Å²) in [4.78, 5) is 11.7. The summed E-state index contributed by atoms with van der Waals surface area (Å²) in [5.74, 6) is -0.250. The molecule has 6 nitrogen and oxygen atoms in total. The van der Waals surface area contributed by atoms with Crippen LogP contribution in [-0.2, 0) is 9.47 Å². The van der Waals surface area contributed by atoms with Crippen LogP contribution in [0.4, 0.5) is 10.8 Å². The number of nitrogens with one attached hydrogen (secondary N) is 1. The van der Waals surface area contributed by atoms with Gasteiger partial charge in [-0.2, -0.15) is 4.37 Å². The van der Waals surface area contributed by atoms with Gasteiger partial charge < -0.3 is 20.5 Å². The Balaban J connectivity index is 2.68. The van der Waals surface area contributed by atoms with E-state index in [0.29, 0.717) is 30.3 Å². The van der Waals surface area contributed by atoms with Gasteiger partial charge in [-0.3, -0.25) is 0 Å². The highest BCUT2D eigenvalue weighted by Crippen LogP contribution is 2.27. The highest BCUT2D eigenvalue weighted by molar-refractivity contribution is 7.11. The number of ether oxygens (including phenoxy) is 2. The standard InChI is InChI=1S/C11H19N3O3S/c1-4-16-7(3)6-13-10-8(9(12)14-18-10)11(15)17-5-2/h7,13H,4-6H2,1-3H3,(H2,12,14). The van der Waals surface area contributed by atoms with Crippen molar-refractivity contribution < 1.29 is 14.3 Å². The summed E-state index contributed by atoms with van der Waals surface area (Å²) >= 11 is 1.15. The van der Waals surface area contributed by atoms with Gasteiger partial charge in [0.1, 0.15) is 10.6 Å². The molecule has 0 spiro atoms. The maximum Gasteiger partial charge on any atom is 0.344 e. The summed E-state index contributed by atoms with van der Waals surface area (Å²) in [5.41, 5.74) is 5.98. The molecule has 0 fully saturated rings. The fourth-order valence-electron chi connectivity index (χ4n) is 1.40. The monoisotopic (exact) mass is 273 g/mol. The lowest BCUT2D eigenvalue weighted by Crippen LogP contribution is -2.20. The van der Waals surface area contributed by atoms with Crippen molar-refractivity contribution in [2.24, 2.45) is 0 Å². The summed E-state index contributed by atoms with van der Waals surface area (Å²) in [7, 11) is 0. The number of esters is 1. The van der Waals surface area contributed by atoms with Gasteiger partial charge in [-0.25, -0.2) is 4.79 Å². The number of hydrogen-bond acceptors (Lipinski definition) is 7. The van der Waals surface area contributed by atoms with Crippen LogP contribution in [0.3, 0.4) is 0 Å². The van der Waals surface area contributed by atoms with Crippen molar-refractivity contribution in [1.29, 1.82) is 0 Å². The van der Waals surface area contributed by atoms with Crippen LogP contribution in [0.5, 0.6) is 0 Å². The molecular weight excluding hydrogens is 254 g/mol. The van der Waals surface area contributed by atoms with Crippen molar-refractivity contribution in [1.82, 2.24) is 4.37 Å². The Bertz CT molecular complexity index is 395. The van der Waals surface area contributed by atoms with Crippen LogP contribution in [0, 0.1) is 0 Å². The molecule has 0 radical (unpaired) electrons. The van der Waals surface area contributed by atoms with Gasteiger partial charge in [-0.05, 0) is 32.3 Å². The van der Waals surface area contributed by atoms with Gasteiger partial charge in [0, 0.05) is 13.2 Å². The van der Waals surface area contributed by atoms with Gasteiger partial charge in [-0.15, -0.1) is 0 Å². The Labute approximate surface area is 111 Å². The number of rotatable bonds is 7. The number of nitrogens with two attached hydrogens (primary N) is 1. The second kappa shape index (κ2) is 7.17. The molecule has 0 aliphatic heterocycles. The number of aromatic nitrogens is 1. The van der Waals surface area contributed by atoms with Crippen molar-refractivity contribution in [3.8, 4) is 0 Å². The fourth-order valence-corrected chi connectivity index (χ4v) is 2.11. The molecule has 1 heterocycles. The first-order valence-electron chi connectivity index (χ1n) is 5.87. The van der Waals surface area contributed by atoms with Gasteiger partial charge in [0.15, 0.2) is 5.82 Å². The van der Waals surface area contributed by atoms with Gasteiger partial charge in [0.25, 0.3) is 0 Å². The van der Waals surface area contributed by atoms with Crippen LogP contribution in [0.25, 0.3) is 0 Å². The SMILES string of the molecule is CCOC(=O)c1c(N)nsc1NCC(C)OCC. The summed E-state index contributed by atoms with van der Waals surface area (Å²) in [5, 5.41) is 3.73. The number of nitrogens with zero attached hydrogens (tertiary/aromatic N) is 1. The van der Waals surface area contributed by atoms with Crippen LogP contribution in [0.15, 0.2) is 0 Å². The van der Waals surface area contributed by atoms with Crippen LogP contribution < -0.4 is 11.1 Å². The summed E-state index contributed by atoms with van der Waals surface area (Å²) in [6, 6.07) is 0. The first-order chi connectivity index (χ1) is 8.60. The van der Waals surface area contributed by atoms with Crippen LogP contribution in [0.2, 0.25) is 0 Å². The predicted molar refractivity (Wildman–Crippen MR) is 72.1 cm³/mol. The number of carbonyl (C=O) groups is 1. The van der Waals surface area contributed by atoms with Gasteiger partial charge in [0.2, 0.25) is 0 Å². The first-order valence-corrected chi connectivity index (χ1v) is 6.65. The molecule has 7 heteroatoms. The maximum atomic E-state index is 11.7. The molecular formula is C11H19N3O3S. The van der Waals surface area contributed by atoms with Gasteiger partial charge >= 0.3 is 5.97 Å². The van der Waals surface area contributed by atoms with Crippen molar-refractivity contribution in [3.63, 3.8) is 0 Å². The molecule has 0 bridgehead atoms. The summed E-state index contributed by atoms with van der Waals surface area (Å²) in [6.45, 7) is 7.18. The molecule has 102 valence electrons. The Morgan fingerprint density at radius 1 is 1.50 bits per heavy atom. The molecule has 0 aliphatic rings. The average Bonchev–Trinajstić information content (AvgIpc) is 2.68. The lowest BCUT2D eigenvalue weighted by atomic mass is 10.3. The molecule has 0 aliphatic carbocycles. The lowest BCUT2D eigenvalue weighted by molar-refractivity contribution is 0.0528. The Kier molecular flexibility index (Phi) is 5.87. The third-order valence-corrected chi connectivity index (χ3v) is 3.02. The highest BCUT2D eigenvalue weighted by atomic mass is 32.1. The molecule has 0 saturated carbocycles. The zero-order chi connectivity index (χ0) is 13.5. The third-order valence-electron chi connectivity index (χ3n) is 2.20. The predicted octanol–water partition coefficient (Wildman–Crippen LogP) is 1.74. The minimum atomic E-state index is -0.449. The van der Waals surface area contributed by atoms with Crippen LogP contribution >= 0.6 is 11.5 Å². The molecule has 1 rings (SSSR count). The molecule has 1 aromatic heterocycles. The average molecular weight is 273 g/mol. The first kappa shape index (κ1) is 14.7. The van der Waals surface area contributed by atoms with E-state index in [4.69, 9.17) is 15.2 Å². The third kappa shape index (κ3) is 3.85. The van der Waals surface area contributed by atoms with E-state index in [2.05, 4.69) is 9.69 Å². The van der Waals surface area contributed by atoms with E-state index >= 15 is 0 Å². The fraction of sp³-hybridized carbons (Fsp3) is 0.636. The van der Waals surface area contributed by atoms with Crippen molar-refractivity contribution in [3.05, 3.63) is 5.56 Å². The van der Waals surface area contributed by atoms with E-state index in [1.54, 1.807) is 6.92 Å². The minimum Gasteiger partial charge on any atom is -0.462 e. The van der Waals surface area contributed by atoms with Crippen molar-refractivity contribution in [2.45, 2.75) is 26.9 Å². The number of anilines is 2. The number of carbonyl (C=O) groups excluding carboxylic acids is 1. The summed E-state index contributed by atoms with van der Waals surface area (Å²) in [6.07, 6.45) is 0.0494. The molecule has 0 aromatic carbocycles. The Hall–Kier alpha value is -1.34. The zero-order valence-electron chi connectivity index (χ0n) is 10.9. The second-order valence-electron chi connectivity index (χ2n) is 3.64. The van der Waals surface area contributed by atoms with Crippen molar-refractivity contribution >= 4 is 28.3 Å². The minimum absolute atomic E-state index is 0.0494. The molecule has 0 amide bonds. The van der Waals surface area contributed by atoms with Crippen molar-refractivity contribution in [2.75, 3.05) is 30.8 Å². The number of hydrogen-bond donors (Lipinski definition) is 2. The molecule has 1 unspecified atom stereocenters. The van der Waals surface area contributed by atoms with E-state index in [9.17, 15) is 4.79 Å². The molecule has 18 heavy (non-hydrogen) atoms. The van der Waals surface area contributed by atoms with E-state index in [1.807, 2.05) is 13.8 Å². The van der Waals surface area contributed by atoms with E-state index < -0.39 is 5.97 Å². The van der Waals surface area contributed by atoms with Crippen LogP contribution in [-0.4, -0.2) is 36.2 Å². The van der Waals surface area contributed by atoms with Crippen LogP contribution in [0.1, 0.15) is 31.1 Å². The second-order valence-corrected chi connectivity index (χ2v) is 4.41. The molecule has 3 N–H and O–H groups in total.